The van der Waals surface area contributed by atoms with E-state index in [0.717, 1.165) is 11.1 Å². The Balaban J connectivity index is 2.09. The number of nitrogens with two attached hydrogens (primary N) is 1. The number of carbonyl (C=O) groups is 1. The largest absolute Gasteiger partial charge is 0.384 e. The normalized spacial score (nSPS) is 11.2. The van der Waals surface area contributed by atoms with Gasteiger partial charge in [-0.3, -0.25) is 14.2 Å². The van der Waals surface area contributed by atoms with Crippen molar-refractivity contribution in [3.63, 3.8) is 0 Å². The molecule has 3 rings (SSSR count). The molecule has 0 radical (unpaired) electrons. The zero-order valence-electron chi connectivity index (χ0n) is 14.9. The number of amides is 1. The molecule has 0 saturated heterocycles. The fourth-order valence-corrected chi connectivity index (χ4v) is 4.02. The Morgan fingerprint density at radius 2 is 2.07 bits per heavy atom. The second kappa shape index (κ2) is 8.65. The van der Waals surface area contributed by atoms with Crippen LogP contribution in [0.25, 0.3) is 21.3 Å². The van der Waals surface area contributed by atoms with E-state index in [4.69, 9.17) is 27.1 Å². The standard InChI is InChI=1S/C19H20ClN3O3S/c1-26-10-8-16-22-18-17(19(25)23(16)9-2-3-15(21)24)14(11-27-18)12-4-6-13(20)7-5-12/h4-7,11H,2-3,8-10H2,1H3,(H2,21,24). The van der Waals surface area contributed by atoms with Crippen LogP contribution in [-0.2, 0) is 22.5 Å². The molecule has 6 nitrogen and oxygen atoms in total. The molecule has 2 heterocycles. The second-order valence-corrected chi connectivity index (χ2v) is 7.43. The highest BCUT2D eigenvalue weighted by atomic mass is 35.5. The average Bonchev–Trinajstić information content (AvgIpc) is 3.06. The van der Waals surface area contributed by atoms with Crippen molar-refractivity contribution in [2.75, 3.05) is 13.7 Å². The molecule has 0 fully saturated rings. The third-order valence-electron chi connectivity index (χ3n) is 4.26. The first-order chi connectivity index (χ1) is 13.0. The van der Waals surface area contributed by atoms with Crippen molar-refractivity contribution in [1.82, 2.24) is 9.55 Å². The third kappa shape index (κ3) is 4.37. The van der Waals surface area contributed by atoms with Crippen molar-refractivity contribution in [2.45, 2.75) is 25.8 Å². The molecular formula is C19H20ClN3O3S. The first kappa shape index (κ1) is 19.5. The predicted octanol–water partition coefficient (Wildman–Crippen LogP) is 3.23. The van der Waals surface area contributed by atoms with E-state index in [-0.39, 0.29) is 17.9 Å². The number of hydrogen-bond acceptors (Lipinski definition) is 5. The van der Waals surface area contributed by atoms with Gasteiger partial charge in [-0.15, -0.1) is 11.3 Å². The lowest BCUT2D eigenvalue weighted by molar-refractivity contribution is -0.118. The molecule has 142 valence electrons. The summed E-state index contributed by atoms with van der Waals surface area (Å²) in [5.74, 6) is 0.274. The van der Waals surface area contributed by atoms with Crippen LogP contribution in [0.2, 0.25) is 5.02 Å². The summed E-state index contributed by atoms with van der Waals surface area (Å²) in [6, 6.07) is 7.37. The van der Waals surface area contributed by atoms with Crippen molar-refractivity contribution in [1.29, 1.82) is 0 Å². The van der Waals surface area contributed by atoms with Crippen LogP contribution in [0.4, 0.5) is 0 Å². The summed E-state index contributed by atoms with van der Waals surface area (Å²) in [5, 5.41) is 3.17. The molecule has 0 atom stereocenters. The number of ether oxygens (including phenoxy) is 1. The van der Waals surface area contributed by atoms with Crippen LogP contribution in [0.15, 0.2) is 34.4 Å². The van der Waals surface area contributed by atoms with Crippen LogP contribution in [0.5, 0.6) is 0 Å². The predicted molar refractivity (Wildman–Crippen MR) is 108 cm³/mol. The number of benzene rings is 1. The van der Waals surface area contributed by atoms with Crippen LogP contribution in [-0.4, -0.2) is 29.2 Å². The highest BCUT2D eigenvalue weighted by Gasteiger charge is 2.17. The molecule has 0 unspecified atom stereocenters. The van der Waals surface area contributed by atoms with Gasteiger partial charge in [0.05, 0.1) is 12.0 Å². The Morgan fingerprint density at radius 3 is 2.74 bits per heavy atom. The van der Waals surface area contributed by atoms with Gasteiger partial charge in [-0.2, -0.15) is 0 Å². The second-order valence-electron chi connectivity index (χ2n) is 6.13. The fourth-order valence-electron chi connectivity index (χ4n) is 2.93. The third-order valence-corrected chi connectivity index (χ3v) is 5.39. The number of rotatable bonds is 8. The summed E-state index contributed by atoms with van der Waals surface area (Å²) < 4.78 is 6.78. The number of nitrogens with zero attached hydrogens (tertiary/aromatic N) is 2. The lowest BCUT2D eigenvalue weighted by Gasteiger charge is -2.12. The molecular weight excluding hydrogens is 386 g/mol. The van der Waals surface area contributed by atoms with Gasteiger partial charge in [-0.25, -0.2) is 4.98 Å². The summed E-state index contributed by atoms with van der Waals surface area (Å²) in [4.78, 5) is 29.7. The van der Waals surface area contributed by atoms with Crippen molar-refractivity contribution >= 4 is 39.1 Å². The number of primary amides is 1. The zero-order valence-corrected chi connectivity index (χ0v) is 16.5. The average molecular weight is 406 g/mol. The van der Waals surface area contributed by atoms with Crippen molar-refractivity contribution in [2.24, 2.45) is 5.73 Å². The number of thiophene rings is 1. The molecule has 2 N–H and O–H groups in total. The van der Waals surface area contributed by atoms with E-state index in [1.54, 1.807) is 23.8 Å². The minimum absolute atomic E-state index is 0.109. The molecule has 0 aliphatic heterocycles. The fraction of sp³-hybridized carbons (Fsp3) is 0.316. The molecule has 0 aliphatic carbocycles. The highest BCUT2D eigenvalue weighted by molar-refractivity contribution is 7.17. The number of aromatic nitrogens is 2. The summed E-state index contributed by atoms with van der Waals surface area (Å²) in [5.41, 5.74) is 6.87. The maximum Gasteiger partial charge on any atom is 0.262 e. The van der Waals surface area contributed by atoms with Crippen molar-refractivity contribution in [3.05, 3.63) is 50.8 Å². The van der Waals surface area contributed by atoms with E-state index in [1.165, 1.54) is 11.3 Å². The number of carbonyl (C=O) groups excluding carboxylic acids is 1. The summed E-state index contributed by atoms with van der Waals surface area (Å²) in [6.45, 7) is 0.850. The van der Waals surface area contributed by atoms with Gasteiger partial charge in [0.2, 0.25) is 5.91 Å². The number of methoxy groups -OCH3 is 1. The van der Waals surface area contributed by atoms with Crippen LogP contribution in [0.3, 0.4) is 0 Å². The molecule has 1 aromatic carbocycles. The first-order valence-corrected chi connectivity index (χ1v) is 9.81. The minimum atomic E-state index is -0.382. The van der Waals surface area contributed by atoms with Gasteiger partial charge in [-0.05, 0) is 24.1 Å². The van der Waals surface area contributed by atoms with E-state index in [9.17, 15) is 9.59 Å². The van der Waals surface area contributed by atoms with Gasteiger partial charge < -0.3 is 10.5 Å². The van der Waals surface area contributed by atoms with Crippen LogP contribution in [0, 0.1) is 0 Å². The minimum Gasteiger partial charge on any atom is -0.384 e. The van der Waals surface area contributed by atoms with Crippen LogP contribution < -0.4 is 11.3 Å². The SMILES string of the molecule is COCCc1nc2scc(-c3ccc(Cl)cc3)c2c(=O)n1CCCC(N)=O. The number of fused-ring (bicyclic) bond motifs is 1. The Morgan fingerprint density at radius 1 is 1.33 bits per heavy atom. The first-order valence-electron chi connectivity index (χ1n) is 8.55. The van der Waals surface area contributed by atoms with E-state index in [2.05, 4.69) is 0 Å². The maximum atomic E-state index is 13.3. The smallest absolute Gasteiger partial charge is 0.262 e. The molecule has 3 aromatic rings. The van der Waals surface area contributed by atoms with Gasteiger partial charge in [0.25, 0.3) is 5.56 Å². The van der Waals surface area contributed by atoms with Crippen molar-refractivity contribution in [3.8, 4) is 11.1 Å². The van der Waals surface area contributed by atoms with E-state index < -0.39 is 0 Å². The number of hydrogen-bond donors (Lipinski definition) is 1. The van der Waals surface area contributed by atoms with Gasteiger partial charge in [0.1, 0.15) is 10.7 Å². The number of halogens is 1. The highest BCUT2D eigenvalue weighted by Crippen LogP contribution is 2.31. The van der Waals surface area contributed by atoms with E-state index >= 15 is 0 Å². The Labute approximate surface area is 165 Å². The molecule has 2 aromatic heterocycles. The van der Waals surface area contributed by atoms with E-state index in [0.29, 0.717) is 47.1 Å². The quantitative estimate of drug-likeness (QED) is 0.623. The van der Waals surface area contributed by atoms with Crippen LogP contribution in [0.1, 0.15) is 18.7 Å². The molecule has 0 spiro atoms. The van der Waals surface area contributed by atoms with Crippen molar-refractivity contribution < 1.29 is 9.53 Å². The summed E-state index contributed by atoms with van der Waals surface area (Å²) in [7, 11) is 1.61. The molecule has 27 heavy (non-hydrogen) atoms. The van der Waals surface area contributed by atoms with E-state index in [1.807, 2.05) is 17.5 Å². The maximum absolute atomic E-state index is 13.3. The summed E-state index contributed by atoms with van der Waals surface area (Å²) >= 11 is 7.41. The topological polar surface area (TPSA) is 87.2 Å². The lowest BCUT2D eigenvalue weighted by atomic mass is 10.1. The molecule has 1 amide bonds. The Kier molecular flexibility index (Phi) is 6.26. The summed E-state index contributed by atoms with van der Waals surface area (Å²) in [6.07, 6.45) is 1.23. The Hall–Kier alpha value is -2.22. The monoisotopic (exact) mass is 405 g/mol. The van der Waals surface area contributed by atoms with Gasteiger partial charge in [0, 0.05) is 42.5 Å². The zero-order chi connectivity index (χ0) is 19.4. The molecule has 8 heteroatoms. The molecule has 0 aliphatic rings. The van der Waals surface area contributed by atoms with Gasteiger partial charge in [-0.1, -0.05) is 23.7 Å². The van der Waals surface area contributed by atoms with Crippen LogP contribution >= 0.6 is 22.9 Å². The molecule has 0 saturated carbocycles. The lowest BCUT2D eigenvalue weighted by Crippen LogP contribution is -2.26. The molecule has 0 bridgehead atoms. The van der Waals surface area contributed by atoms with Gasteiger partial charge in [0.15, 0.2) is 0 Å². The van der Waals surface area contributed by atoms with Gasteiger partial charge >= 0.3 is 0 Å². The Bertz CT molecular complexity index is 1010.